The summed E-state index contributed by atoms with van der Waals surface area (Å²) in [5.74, 6) is 0. The van der Waals surface area contributed by atoms with Crippen LogP contribution in [-0.4, -0.2) is 29.5 Å². The average Bonchev–Trinajstić information content (AvgIpc) is 2.63. The Morgan fingerprint density at radius 1 is 1.31 bits per heavy atom. The van der Waals surface area contributed by atoms with Gasteiger partial charge >= 0.3 is 6.18 Å². The summed E-state index contributed by atoms with van der Waals surface area (Å²) in [4.78, 5) is 0. The summed E-state index contributed by atoms with van der Waals surface area (Å²) in [7, 11) is 1.53. The van der Waals surface area contributed by atoms with Gasteiger partial charge in [-0.05, 0) is 13.8 Å². The second-order valence-electron chi connectivity index (χ2n) is 3.73. The molecule has 0 aromatic carbocycles. The van der Waals surface area contributed by atoms with E-state index in [1.165, 1.54) is 7.11 Å². The molecule has 1 aromatic rings. The van der Waals surface area contributed by atoms with Crippen LogP contribution in [0.5, 0.6) is 0 Å². The molecular formula is C8H12F3N3OS. The predicted octanol–water partition coefficient (Wildman–Crippen LogP) is 2.39. The average molecular weight is 255 g/mol. The highest BCUT2D eigenvalue weighted by atomic mass is 32.1. The zero-order chi connectivity index (χ0) is 12.4. The number of ether oxygens (including phenoxy) is 1. The number of nitrogens with one attached hydrogen (secondary N) is 1. The standard InChI is InChI=1S/C8H12F3N3OS/c1-7(2,15-3)4-12-6-14-13-5(16-6)8(9,10)11/h4H2,1-3H3,(H,12,14). The lowest BCUT2D eigenvalue weighted by atomic mass is 10.1. The maximum absolute atomic E-state index is 12.2. The number of aromatic nitrogens is 2. The molecule has 0 radical (unpaired) electrons. The molecule has 1 aromatic heterocycles. The highest BCUT2D eigenvalue weighted by Crippen LogP contribution is 2.33. The van der Waals surface area contributed by atoms with Gasteiger partial charge in [0.05, 0.1) is 5.60 Å². The topological polar surface area (TPSA) is 47.0 Å². The van der Waals surface area contributed by atoms with Gasteiger partial charge in [0.15, 0.2) is 0 Å². The van der Waals surface area contributed by atoms with Crippen LogP contribution in [-0.2, 0) is 10.9 Å². The fraction of sp³-hybridized carbons (Fsp3) is 0.750. The van der Waals surface area contributed by atoms with Crippen LogP contribution in [0.15, 0.2) is 0 Å². The molecule has 0 bridgehead atoms. The number of hydrogen-bond donors (Lipinski definition) is 1. The van der Waals surface area contributed by atoms with Crippen LogP contribution in [0.4, 0.5) is 18.3 Å². The molecule has 0 saturated heterocycles. The zero-order valence-electron chi connectivity index (χ0n) is 9.05. The second kappa shape index (κ2) is 4.54. The molecule has 0 atom stereocenters. The minimum atomic E-state index is -4.44. The molecule has 0 fully saturated rings. The van der Waals surface area contributed by atoms with E-state index in [2.05, 4.69) is 15.5 Å². The molecule has 0 aliphatic rings. The van der Waals surface area contributed by atoms with Crippen molar-refractivity contribution in [3.63, 3.8) is 0 Å². The first-order chi connectivity index (χ1) is 7.24. The molecule has 0 unspecified atom stereocenters. The molecule has 4 nitrogen and oxygen atoms in total. The van der Waals surface area contributed by atoms with Crippen LogP contribution >= 0.6 is 11.3 Å². The van der Waals surface area contributed by atoms with Crippen molar-refractivity contribution < 1.29 is 17.9 Å². The lowest BCUT2D eigenvalue weighted by molar-refractivity contribution is -0.138. The summed E-state index contributed by atoms with van der Waals surface area (Å²) < 4.78 is 41.7. The largest absolute Gasteiger partial charge is 0.445 e. The number of halogens is 3. The smallest absolute Gasteiger partial charge is 0.377 e. The molecule has 1 N–H and O–H groups in total. The number of anilines is 1. The molecule has 1 heterocycles. The third-order valence-electron chi connectivity index (χ3n) is 1.89. The van der Waals surface area contributed by atoms with Crippen LogP contribution in [0.1, 0.15) is 18.9 Å². The Kier molecular flexibility index (Phi) is 3.74. The van der Waals surface area contributed by atoms with Gasteiger partial charge in [-0.25, -0.2) is 0 Å². The summed E-state index contributed by atoms with van der Waals surface area (Å²) >= 11 is 0.477. The van der Waals surface area contributed by atoms with E-state index in [0.717, 1.165) is 0 Å². The molecule has 0 amide bonds. The van der Waals surface area contributed by atoms with Crippen LogP contribution in [0.2, 0.25) is 0 Å². The van der Waals surface area contributed by atoms with Gasteiger partial charge in [0, 0.05) is 13.7 Å². The number of hydrogen-bond acceptors (Lipinski definition) is 5. The molecule has 16 heavy (non-hydrogen) atoms. The molecule has 1 rings (SSSR count). The Morgan fingerprint density at radius 2 is 1.94 bits per heavy atom. The second-order valence-corrected chi connectivity index (χ2v) is 4.71. The van der Waals surface area contributed by atoms with Crippen molar-refractivity contribution >= 4 is 16.5 Å². The monoisotopic (exact) mass is 255 g/mol. The van der Waals surface area contributed by atoms with E-state index in [-0.39, 0.29) is 5.13 Å². The van der Waals surface area contributed by atoms with Crippen molar-refractivity contribution in [3.8, 4) is 0 Å². The van der Waals surface area contributed by atoms with Gasteiger partial charge in [-0.15, -0.1) is 10.2 Å². The van der Waals surface area contributed by atoms with Gasteiger partial charge in [0.2, 0.25) is 10.1 Å². The van der Waals surface area contributed by atoms with Crippen molar-refractivity contribution in [3.05, 3.63) is 5.01 Å². The highest BCUT2D eigenvalue weighted by Gasteiger charge is 2.35. The Balaban J connectivity index is 2.60. The normalized spacial score (nSPS) is 12.9. The third kappa shape index (κ3) is 3.60. The highest BCUT2D eigenvalue weighted by molar-refractivity contribution is 7.15. The van der Waals surface area contributed by atoms with Gasteiger partial charge in [0.1, 0.15) is 0 Å². The summed E-state index contributed by atoms with van der Waals surface area (Å²) in [6.45, 7) is 3.98. The molecule has 0 aliphatic carbocycles. The van der Waals surface area contributed by atoms with E-state index in [1.54, 1.807) is 0 Å². The van der Waals surface area contributed by atoms with E-state index < -0.39 is 16.8 Å². The van der Waals surface area contributed by atoms with Gasteiger partial charge in [-0.3, -0.25) is 0 Å². The van der Waals surface area contributed by atoms with E-state index >= 15 is 0 Å². The number of alkyl halides is 3. The Morgan fingerprint density at radius 3 is 2.38 bits per heavy atom. The van der Waals surface area contributed by atoms with E-state index in [4.69, 9.17) is 4.74 Å². The molecule has 0 spiro atoms. The van der Waals surface area contributed by atoms with Crippen molar-refractivity contribution in [1.29, 1.82) is 0 Å². The number of methoxy groups -OCH3 is 1. The summed E-state index contributed by atoms with van der Waals surface area (Å²) in [6.07, 6.45) is -4.44. The molecule has 0 aliphatic heterocycles. The van der Waals surface area contributed by atoms with Crippen LogP contribution in [0.3, 0.4) is 0 Å². The third-order valence-corrected chi connectivity index (χ3v) is 2.81. The quantitative estimate of drug-likeness (QED) is 0.897. The molecule has 0 saturated carbocycles. The summed E-state index contributed by atoms with van der Waals surface area (Å²) in [6, 6.07) is 0. The summed E-state index contributed by atoms with van der Waals surface area (Å²) in [5, 5.41) is 8.39. The van der Waals surface area contributed by atoms with Gasteiger partial charge in [-0.1, -0.05) is 11.3 Å². The lowest BCUT2D eigenvalue weighted by Crippen LogP contribution is -2.31. The lowest BCUT2D eigenvalue weighted by Gasteiger charge is -2.22. The molecule has 92 valence electrons. The van der Waals surface area contributed by atoms with E-state index in [9.17, 15) is 13.2 Å². The van der Waals surface area contributed by atoms with Crippen molar-refractivity contribution in [2.45, 2.75) is 25.6 Å². The van der Waals surface area contributed by atoms with Crippen LogP contribution in [0, 0.1) is 0 Å². The SMILES string of the molecule is COC(C)(C)CNc1nnc(C(F)(F)F)s1. The van der Waals surface area contributed by atoms with E-state index in [1.807, 2.05) is 13.8 Å². The number of nitrogens with zero attached hydrogens (tertiary/aromatic N) is 2. The van der Waals surface area contributed by atoms with Crippen molar-refractivity contribution in [2.75, 3.05) is 19.0 Å². The summed E-state index contributed by atoms with van der Waals surface area (Å²) in [5.41, 5.74) is -0.468. The van der Waals surface area contributed by atoms with Gasteiger partial charge < -0.3 is 10.1 Å². The van der Waals surface area contributed by atoms with Gasteiger partial charge in [-0.2, -0.15) is 13.2 Å². The predicted molar refractivity (Wildman–Crippen MR) is 54.5 cm³/mol. The van der Waals surface area contributed by atoms with Crippen LogP contribution in [0.25, 0.3) is 0 Å². The first kappa shape index (κ1) is 13.2. The minimum Gasteiger partial charge on any atom is -0.377 e. The first-order valence-electron chi connectivity index (χ1n) is 4.44. The fourth-order valence-electron chi connectivity index (χ4n) is 0.770. The maximum atomic E-state index is 12.2. The Bertz CT molecular complexity index is 351. The fourth-order valence-corrected chi connectivity index (χ4v) is 1.38. The maximum Gasteiger partial charge on any atom is 0.445 e. The van der Waals surface area contributed by atoms with E-state index in [0.29, 0.717) is 17.9 Å². The van der Waals surface area contributed by atoms with Crippen LogP contribution < -0.4 is 5.32 Å². The Labute approximate surface area is 94.8 Å². The first-order valence-corrected chi connectivity index (χ1v) is 5.26. The number of rotatable bonds is 4. The molecular weight excluding hydrogens is 243 g/mol. The van der Waals surface area contributed by atoms with Crippen molar-refractivity contribution in [1.82, 2.24) is 10.2 Å². The van der Waals surface area contributed by atoms with Gasteiger partial charge in [0.25, 0.3) is 0 Å². The van der Waals surface area contributed by atoms with Crippen molar-refractivity contribution in [2.24, 2.45) is 0 Å². The Hall–Kier alpha value is -0.890. The zero-order valence-corrected chi connectivity index (χ0v) is 9.87. The minimum absolute atomic E-state index is 0.137. The molecule has 8 heteroatoms.